The first kappa shape index (κ1) is 20.7. The zero-order valence-electron chi connectivity index (χ0n) is 13.9. The summed E-state index contributed by atoms with van der Waals surface area (Å²) in [4.78, 5) is 34.8. The van der Waals surface area contributed by atoms with E-state index in [1.165, 1.54) is 18.2 Å². The van der Waals surface area contributed by atoms with E-state index in [2.05, 4.69) is 5.32 Å². The number of amides is 3. The van der Waals surface area contributed by atoms with Crippen LogP contribution < -0.4 is 20.5 Å². The van der Waals surface area contributed by atoms with Crippen LogP contribution in [0.4, 0.5) is 5.69 Å². The third kappa shape index (κ3) is 6.98. The topological polar surface area (TPSA) is 125 Å². The van der Waals surface area contributed by atoms with E-state index in [0.29, 0.717) is 5.02 Å². The van der Waals surface area contributed by atoms with Gasteiger partial charge in [0.25, 0.3) is 5.91 Å². The summed E-state index contributed by atoms with van der Waals surface area (Å²) in [5.74, 6) is -2.84. The number of benzene rings is 1. The molecule has 3 N–H and O–H groups in total. The van der Waals surface area contributed by atoms with Crippen molar-refractivity contribution >= 4 is 45.0 Å². The first-order valence-electron chi connectivity index (χ1n) is 7.13. The molecule has 0 aromatic heterocycles. The molecule has 9 nitrogen and oxygen atoms in total. The third-order valence-electron chi connectivity index (χ3n) is 2.73. The number of hydrogen-bond donors (Lipinski definition) is 3. The van der Waals surface area contributed by atoms with E-state index in [0.717, 1.165) is 10.6 Å². The SMILES string of the molecule is CC(C)NC(=O)C(=O)NNC(=O)CN(c1cccc(Cl)c1)S(C)(=O)=O. The van der Waals surface area contributed by atoms with Crippen LogP contribution in [0, 0.1) is 0 Å². The second-order valence-corrected chi connectivity index (χ2v) is 7.72. The van der Waals surface area contributed by atoms with Crippen LogP contribution in [0.15, 0.2) is 24.3 Å². The molecule has 25 heavy (non-hydrogen) atoms. The predicted octanol–water partition coefficient (Wildman–Crippen LogP) is -0.222. The van der Waals surface area contributed by atoms with Crippen LogP contribution in [0.1, 0.15) is 13.8 Å². The van der Waals surface area contributed by atoms with Crippen LogP contribution in [0.25, 0.3) is 0 Å². The molecule has 0 spiro atoms. The number of rotatable bonds is 5. The maximum atomic E-state index is 11.9. The van der Waals surface area contributed by atoms with Crippen molar-refractivity contribution in [2.24, 2.45) is 0 Å². The van der Waals surface area contributed by atoms with Gasteiger partial charge in [-0.1, -0.05) is 17.7 Å². The Bertz CT molecular complexity index is 766. The van der Waals surface area contributed by atoms with Gasteiger partial charge in [-0.3, -0.25) is 29.5 Å². The lowest BCUT2D eigenvalue weighted by molar-refractivity contribution is -0.141. The minimum Gasteiger partial charge on any atom is -0.346 e. The molecule has 0 fully saturated rings. The summed E-state index contributed by atoms with van der Waals surface area (Å²) in [5.41, 5.74) is 4.08. The monoisotopic (exact) mass is 390 g/mol. The molecule has 1 aromatic carbocycles. The van der Waals surface area contributed by atoms with Gasteiger partial charge >= 0.3 is 11.8 Å². The average Bonchev–Trinajstić information content (AvgIpc) is 2.48. The first-order chi connectivity index (χ1) is 11.5. The summed E-state index contributed by atoms with van der Waals surface area (Å²) < 4.78 is 24.6. The fourth-order valence-corrected chi connectivity index (χ4v) is 2.75. The van der Waals surface area contributed by atoms with Crippen molar-refractivity contribution < 1.29 is 22.8 Å². The summed E-state index contributed by atoms with van der Waals surface area (Å²) in [6.45, 7) is 2.72. The molecule has 0 bridgehead atoms. The molecule has 0 aliphatic rings. The predicted molar refractivity (Wildman–Crippen MR) is 93.2 cm³/mol. The minimum atomic E-state index is -3.78. The van der Waals surface area contributed by atoms with Crippen molar-refractivity contribution in [3.05, 3.63) is 29.3 Å². The van der Waals surface area contributed by atoms with Crippen LogP contribution in [0.5, 0.6) is 0 Å². The van der Waals surface area contributed by atoms with E-state index < -0.39 is 34.3 Å². The standard InChI is InChI=1S/C14H19ClN4O5S/c1-9(2)16-13(21)14(22)18-17-12(20)8-19(25(3,23)24)11-6-4-5-10(15)7-11/h4-7,9H,8H2,1-3H3,(H,16,21)(H,17,20)(H,18,22). The van der Waals surface area contributed by atoms with Crippen molar-refractivity contribution in [2.45, 2.75) is 19.9 Å². The summed E-state index contributed by atoms with van der Waals surface area (Å²) in [7, 11) is -3.78. The number of nitrogens with zero attached hydrogens (tertiary/aromatic N) is 1. The molecule has 3 amide bonds. The highest BCUT2D eigenvalue weighted by molar-refractivity contribution is 7.92. The zero-order chi connectivity index (χ0) is 19.2. The molecule has 0 saturated carbocycles. The number of nitrogens with one attached hydrogen (secondary N) is 3. The summed E-state index contributed by atoms with van der Waals surface area (Å²) in [6.07, 6.45) is 0.926. The molecular weight excluding hydrogens is 372 g/mol. The fourth-order valence-electron chi connectivity index (χ4n) is 1.71. The second-order valence-electron chi connectivity index (χ2n) is 5.38. The van der Waals surface area contributed by atoms with E-state index in [4.69, 9.17) is 11.6 Å². The summed E-state index contributed by atoms with van der Waals surface area (Å²) in [5, 5.41) is 2.64. The molecular formula is C14H19ClN4O5S. The second kappa shape index (κ2) is 8.67. The van der Waals surface area contributed by atoms with Gasteiger partial charge in [0.15, 0.2) is 0 Å². The lowest BCUT2D eigenvalue weighted by Crippen LogP contribution is -2.52. The largest absolute Gasteiger partial charge is 0.346 e. The first-order valence-corrected chi connectivity index (χ1v) is 9.36. The zero-order valence-corrected chi connectivity index (χ0v) is 15.4. The minimum absolute atomic E-state index is 0.189. The molecule has 0 heterocycles. The maximum Gasteiger partial charge on any atom is 0.327 e. The highest BCUT2D eigenvalue weighted by Gasteiger charge is 2.22. The van der Waals surface area contributed by atoms with E-state index in [-0.39, 0.29) is 11.7 Å². The highest BCUT2D eigenvalue weighted by Crippen LogP contribution is 2.21. The number of sulfonamides is 1. The molecule has 0 aliphatic carbocycles. The lowest BCUT2D eigenvalue weighted by Gasteiger charge is -2.22. The third-order valence-corrected chi connectivity index (χ3v) is 4.10. The number of carbonyl (C=O) groups is 3. The van der Waals surface area contributed by atoms with Gasteiger partial charge in [-0.25, -0.2) is 8.42 Å². The molecule has 138 valence electrons. The van der Waals surface area contributed by atoms with Gasteiger partial charge < -0.3 is 5.32 Å². The number of hydrogen-bond acceptors (Lipinski definition) is 5. The molecule has 0 aliphatic heterocycles. The van der Waals surface area contributed by atoms with Crippen LogP contribution >= 0.6 is 11.6 Å². The normalized spacial score (nSPS) is 10.9. The van der Waals surface area contributed by atoms with Gasteiger partial charge in [0.1, 0.15) is 6.54 Å². The van der Waals surface area contributed by atoms with E-state index in [9.17, 15) is 22.8 Å². The van der Waals surface area contributed by atoms with Gasteiger partial charge in [0.2, 0.25) is 10.0 Å². The number of hydrazine groups is 1. The van der Waals surface area contributed by atoms with Gasteiger partial charge in [-0.2, -0.15) is 0 Å². The molecule has 11 heteroatoms. The average molecular weight is 391 g/mol. The van der Waals surface area contributed by atoms with Crippen molar-refractivity contribution in [3.63, 3.8) is 0 Å². The molecule has 0 radical (unpaired) electrons. The van der Waals surface area contributed by atoms with Crippen molar-refractivity contribution in [1.82, 2.24) is 16.2 Å². The Hall–Kier alpha value is -2.33. The quantitative estimate of drug-likeness (QED) is 0.473. The van der Waals surface area contributed by atoms with Crippen molar-refractivity contribution in [2.75, 3.05) is 17.1 Å². The van der Waals surface area contributed by atoms with Crippen molar-refractivity contribution in [3.8, 4) is 0 Å². The fraction of sp³-hybridized carbons (Fsp3) is 0.357. The van der Waals surface area contributed by atoms with Crippen LogP contribution in [0.2, 0.25) is 5.02 Å². The Balaban J connectivity index is 2.74. The summed E-state index contributed by atoms with van der Waals surface area (Å²) in [6, 6.07) is 5.68. The van der Waals surface area contributed by atoms with E-state index >= 15 is 0 Å². The Morgan fingerprint density at radius 1 is 1.16 bits per heavy atom. The molecule has 0 saturated heterocycles. The molecule has 0 atom stereocenters. The number of anilines is 1. The number of halogens is 1. The van der Waals surface area contributed by atoms with E-state index in [1.807, 2.05) is 10.9 Å². The van der Waals surface area contributed by atoms with Crippen LogP contribution in [-0.4, -0.2) is 45.0 Å². The molecule has 1 aromatic rings. The Morgan fingerprint density at radius 2 is 1.80 bits per heavy atom. The number of carbonyl (C=O) groups excluding carboxylic acids is 3. The van der Waals surface area contributed by atoms with E-state index in [1.54, 1.807) is 19.9 Å². The molecule has 0 unspecified atom stereocenters. The van der Waals surface area contributed by atoms with Gasteiger partial charge in [0, 0.05) is 11.1 Å². The smallest absolute Gasteiger partial charge is 0.327 e. The lowest BCUT2D eigenvalue weighted by atomic mass is 10.3. The summed E-state index contributed by atoms with van der Waals surface area (Å²) >= 11 is 5.83. The van der Waals surface area contributed by atoms with Gasteiger partial charge in [0.05, 0.1) is 11.9 Å². The highest BCUT2D eigenvalue weighted by atomic mass is 35.5. The Morgan fingerprint density at radius 3 is 2.32 bits per heavy atom. The maximum absolute atomic E-state index is 11.9. The van der Waals surface area contributed by atoms with Gasteiger partial charge in [-0.05, 0) is 32.0 Å². The Labute approximate surface area is 150 Å². The Kier molecular flexibility index (Phi) is 7.19. The molecule has 1 rings (SSSR count). The van der Waals surface area contributed by atoms with Crippen LogP contribution in [-0.2, 0) is 24.4 Å². The van der Waals surface area contributed by atoms with Crippen molar-refractivity contribution in [1.29, 1.82) is 0 Å². The van der Waals surface area contributed by atoms with Crippen LogP contribution in [0.3, 0.4) is 0 Å². The van der Waals surface area contributed by atoms with Gasteiger partial charge in [-0.15, -0.1) is 0 Å².